The minimum absolute atomic E-state index is 0.161. The third-order valence-corrected chi connectivity index (χ3v) is 22.4. The molecule has 0 bridgehead atoms. The summed E-state index contributed by atoms with van der Waals surface area (Å²) in [5.74, 6) is 0. The molecule has 10 aromatic rings. The van der Waals surface area contributed by atoms with Gasteiger partial charge >= 0.3 is 66.0 Å². The van der Waals surface area contributed by atoms with Crippen LogP contribution in [0.4, 0.5) is 84.5 Å². The van der Waals surface area contributed by atoms with Crippen LogP contribution in [0, 0.1) is 0 Å². The summed E-state index contributed by atoms with van der Waals surface area (Å²) >= 11 is 0. The topological polar surface area (TPSA) is 36.9 Å². The number of hydrogen-bond acceptors (Lipinski definition) is 4. The zero-order valence-electron chi connectivity index (χ0n) is 68.3. The number of allylic oxidation sites excluding steroid dienone is 19. The molecule has 0 unspecified atom stereocenters. The van der Waals surface area contributed by atoms with Crippen molar-refractivity contribution in [1.29, 1.82) is 0 Å². The van der Waals surface area contributed by atoms with Crippen LogP contribution in [0.25, 0.3) is 43.1 Å². The molecule has 10 aromatic carbocycles. The van der Waals surface area contributed by atoms with Gasteiger partial charge in [-0.3, -0.25) is 4.99 Å². The van der Waals surface area contributed by atoms with Crippen molar-refractivity contribution in [2.75, 3.05) is 41.3 Å². The van der Waals surface area contributed by atoms with Gasteiger partial charge in [0, 0.05) is 113 Å². The van der Waals surface area contributed by atoms with Gasteiger partial charge in [-0.2, -0.15) is 9.15 Å². The molecule has 0 saturated heterocycles. The van der Waals surface area contributed by atoms with Crippen molar-refractivity contribution in [3.63, 3.8) is 0 Å². The number of rotatable bonds is 5. The van der Waals surface area contributed by atoms with Crippen LogP contribution < -0.4 is 15.1 Å². The summed E-state index contributed by atoms with van der Waals surface area (Å²) in [5, 5.41) is 13.8. The monoisotopic (exact) mass is 1660 g/mol. The van der Waals surface area contributed by atoms with E-state index in [2.05, 4.69) is 315 Å². The van der Waals surface area contributed by atoms with Crippen LogP contribution in [0.5, 0.6) is 0 Å². The minimum atomic E-state index is -10.7. The fraction of sp³-hybridized carbons (Fsp3) is 0.242. The van der Waals surface area contributed by atoms with Crippen LogP contribution >= 0.6 is 15.6 Å². The second-order valence-corrected chi connectivity index (χ2v) is 36.4. The first-order chi connectivity index (χ1) is 56.1. The zero-order chi connectivity index (χ0) is 85.2. The Kier molecular flexibility index (Phi) is 25.0. The van der Waals surface area contributed by atoms with E-state index in [1.165, 1.54) is 137 Å². The second kappa shape index (κ2) is 34.1. The Labute approximate surface area is 690 Å². The molecule has 15 rings (SSSR count). The fourth-order valence-electron chi connectivity index (χ4n) is 17.4. The molecule has 5 heterocycles. The molecule has 0 atom stereocenters. The molecule has 0 saturated carbocycles. The summed E-state index contributed by atoms with van der Waals surface area (Å²) in [6.45, 7) is 23.4. The van der Waals surface area contributed by atoms with Crippen molar-refractivity contribution >= 4 is 110 Å². The van der Waals surface area contributed by atoms with E-state index in [0.717, 1.165) is 63.2 Å². The maximum absolute atomic E-state index is 10.7. The summed E-state index contributed by atoms with van der Waals surface area (Å²) < 4.78 is 124. The molecule has 0 aromatic heterocycles. The normalized spacial score (nSPS) is 18.8. The molecular formula is C99H102F12N6P2. The molecule has 0 aliphatic carbocycles. The molecular weight excluding hydrogens is 1560 g/mol. The predicted octanol–water partition coefficient (Wildman–Crippen LogP) is 31.9. The summed E-state index contributed by atoms with van der Waals surface area (Å²) in [6.07, 6.45) is 50.6. The Hall–Kier alpha value is -10.9. The van der Waals surface area contributed by atoms with Crippen molar-refractivity contribution in [2.45, 2.75) is 128 Å². The molecule has 622 valence electrons. The first kappa shape index (κ1) is 87.4. The molecule has 0 radical (unpaired) electrons. The van der Waals surface area contributed by atoms with Crippen molar-refractivity contribution in [3.05, 3.63) is 349 Å². The summed E-state index contributed by atoms with van der Waals surface area (Å²) in [7, 11) is -21.3. The molecule has 6 nitrogen and oxygen atoms in total. The van der Waals surface area contributed by atoms with Gasteiger partial charge in [-0.05, 0) is 180 Å². The van der Waals surface area contributed by atoms with Gasteiger partial charge in [-0.25, -0.2) is 0 Å². The van der Waals surface area contributed by atoms with Gasteiger partial charge in [-0.15, -0.1) is 0 Å². The van der Waals surface area contributed by atoms with Gasteiger partial charge in [0.05, 0.1) is 16.5 Å². The number of fused-ring (bicyclic) bond motifs is 18. The number of halogens is 12. The summed E-state index contributed by atoms with van der Waals surface area (Å²) in [4.78, 5) is 9.58. The molecule has 0 fully saturated rings. The third-order valence-electron chi connectivity index (χ3n) is 22.4. The Morgan fingerprint density at radius 2 is 0.672 bits per heavy atom. The van der Waals surface area contributed by atoms with E-state index < -0.39 is 15.6 Å². The Morgan fingerprint density at radius 1 is 0.336 bits per heavy atom. The standard InChI is InChI=1S/C82H86N4.C17H16N2.2F6P/c1-79(2)71-43-19-11-9-12-20-44-72-80(3,4)77-65-41-29-25-37-61(65)49-53-69(77)85(72)57-33-17-18-34-58-86-70-54-50-62-38-26-30-42-66(62)78(70)82(7,8)74(86)46-22-14-10-13-21-45-73-81(5,6)76-64-40-28-24-36-60(64)48-52-68(76)84(73)56-32-16-15-31-55-83(71)67-51-47-59-35-23-27-39-63(59)75(67)79;1-4-10-16(11-5-1)18-14-8-3-9-15-19-17-12-6-2-7-13-17;2*1-7(2,3,4,5)6/h9-14,19-30,35-54H,15-18,31-34,55-58H2,1-8H3;1-15,18H;;/q+2;;2*-1/b;9-3+,14-8+,19-15?;;. The van der Waals surface area contributed by atoms with E-state index in [-0.39, 0.29) is 21.7 Å². The zero-order valence-corrected chi connectivity index (χ0v) is 70.0. The van der Waals surface area contributed by atoms with E-state index in [9.17, 15) is 50.4 Å². The molecule has 119 heavy (non-hydrogen) atoms. The van der Waals surface area contributed by atoms with Crippen molar-refractivity contribution in [2.24, 2.45) is 4.99 Å². The van der Waals surface area contributed by atoms with Crippen molar-refractivity contribution in [3.8, 4) is 0 Å². The molecule has 1 N–H and O–H groups in total. The molecule has 0 amide bonds. The van der Waals surface area contributed by atoms with Crippen LogP contribution in [-0.4, -0.2) is 53.0 Å². The van der Waals surface area contributed by atoms with Gasteiger partial charge in [0.25, 0.3) is 0 Å². The fourth-order valence-corrected chi connectivity index (χ4v) is 17.4. The van der Waals surface area contributed by atoms with Crippen LogP contribution in [-0.2, 0) is 21.7 Å². The second-order valence-electron chi connectivity index (χ2n) is 32.6. The van der Waals surface area contributed by atoms with E-state index in [4.69, 9.17) is 0 Å². The first-order valence-corrected chi connectivity index (χ1v) is 44.4. The number of para-hydroxylation sites is 2. The van der Waals surface area contributed by atoms with Crippen molar-refractivity contribution < 1.29 is 59.5 Å². The first-order valence-electron chi connectivity index (χ1n) is 40.4. The number of benzene rings is 10. The van der Waals surface area contributed by atoms with Crippen LogP contribution in [0.2, 0.25) is 0 Å². The van der Waals surface area contributed by atoms with Crippen LogP contribution in [0.1, 0.15) is 129 Å². The van der Waals surface area contributed by atoms with E-state index in [1.54, 1.807) is 6.21 Å². The van der Waals surface area contributed by atoms with Crippen LogP contribution in [0.3, 0.4) is 0 Å². The van der Waals surface area contributed by atoms with Gasteiger partial charge in [-0.1, -0.05) is 253 Å². The maximum atomic E-state index is 9.87. The van der Waals surface area contributed by atoms with Gasteiger partial charge in [0.1, 0.15) is 13.1 Å². The number of hydrogen-bond donors (Lipinski definition) is 1. The SMILES string of the molecule is C(/C=C/C=C/Nc1ccccc1)=Nc1ccccc1.CC1(C)C2=CC=CC=CC=CC3=[N+](CCCCCCN4C(=CC=CC=CC=CC5=[N+](CCCCCCN2c2ccc6ccccc6c21)c1ccc2ccccc2c1C5(C)C)C(C)(C)c1c4ccc2ccccc12)c1ccc2ccccc2c1C3(C)C.F[P-](F)(F)(F)(F)F.F[P-](F)(F)(F)(F)F. The van der Waals surface area contributed by atoms with Crippen molar-refractivity contribution in [1.82, 2.24) is 0 Å². The van der Waals surface area contributed by atoms with Crippen LogP contribution in [0.15, 0.2) is 332 Å². The molecule has 20 heteroatoms. The Morgan fingerprint density at radius 3 is 1.08 bits per heavy atom. The average molecular weight is 1670 g/mol. The summed E-state index contributed by atoms with van der Waals surface area (Å²) in [5.41, 5.74) is 18.0. The third kappa shape index (κ3) is 22.5. The van der Waals surface area contributed by atoms with Gasteiger partial charge < -0.3 is 15.1 Å². The number of aliphatic imine (C=N–C) groups is 1. The Balaban J connectivity index is 0.000000328. The number of nitrogens with zero attached hydrogens (tertiary/aromatic N) is 5. The summed E-state index contributed by atoms with van der Waals surface area (Å²) in [6, 6.07) is 74.6. The number of nitrogens with one attached hydrogen (secondary N) is 1. The number of anilines is 3. The quantitative estimate of drug-likeness (QED) is 0.0613. The molecule has 5 aliphatic rings. The predicted molar refractivity (Wildman–Crippen MR) is 480 cm³/mol. The average Bonchev–Trinajstić information content (AvgIpc) is 1.59. The van der Waals surface area contributed by atoms with E-state index in [1.807, 2.05) is 85.1 Å². The Bertz CT molecular complexity index is 5520. The van der Waals surface area contributed by atoms with E-state index >= 15 is 0 Å². The molecule has 0 spiro atoms. The molecule has 5 aliphatic heterocycles. The van der Waals surface area contributed by atoms with E-state index in [0.29, 0.717) is 0 Å². The van der Waals surface area contributed by atoms with Gasteiger partial charge in [0.15, 0.2) is 11.4 Å². The van der Waals surface area contributed by atoms with Gasteiger partial charge in [0.2, 0.25) is 11.4 Å².